The van der Waals surface area contributed by atoms with E-state index in [-0.39, 0.29) is 104 Å². The number of nitrogens with zero attached hydrogens (tertiary/aromatic N) is 6. The maximum Gasteiger partial charge on any atom is 0.319 e. The number of carbonyl (C=O) groups excluding carboxylic acids is 1. The van der Waals surface area contributed by atoms with Crippen molar-refractivity contribution in [2.24, 2.45) is 5.92 Å². The summed E-state index contributed by atoms with van der Waals surface area (Å²) in [6, 6.07) is 4.37. The van der Waals surface area contributed by atoms with E-state index >= 15 is 4.39 Å². The molecular formula is C34H30ClF4N7O3S. The molecule has 2 N–H and O–H groups in total. The maximum atomic E-state index is 17.2. The van der Waals surface area contributed by atoms with Gasteiger partial charge in [-0.05, 0) is 31.0 Å². The van der Waals surface area contributed by atoms with Gasteiger partial charge in [-0.3, -0.25) is 9.69 Å². The van der Waals surface area contributed by atoms with Crippen molar-refractivity contribution in [1.82, 2.24) is 19.8 Å². The number of nitrogen functional groups attached to an aromatic ring is 1. The predicted molar refractivity (Wildman–Crippen MR) is 181 cm³/mol. The number of benzene rings is 2. The molecule has 8 rings (SSSR count). The number of halogens is 5. The fraction of sp³-hybridized carbons (Fsp3) is 0.412. The highest BCUT2D eigenvalue weighted by atomic mass is 35.5. The first-order chi connectivity index (χ1) is 24.0. The zero-order valence-corrected chi connectivity index (χ0v) is 28.2. The Morgan fingerprint density at radius 1 is 1.24 bits per heavy atom. The number of aromatic nitrogens is 2. The number of nitrogens with two attached hydrogens (primary N) is 1. The van der Waals surface area contributed by atoms with Gasteiger partial charge in [-0.2, -0.15) is 15.2 Å². The van der Waals surface area contributed by atoms with E-state index in [0.717, 1.165) is 36.8 Å². The molecule has 16 heteroatoms. The quantitative estimate of drug-likeness (QED) is 0.181. The molecule has 0 unspecified atom stereocenters. The number of hydrogen-bond donors (Lipinski definition) is 1. The van der Waals surface area contributed by atoms with Crippen molar-refractivity contribution < 1.29 is 31.8 Å². The minimum Gasteiger partial charge on any atom is -0.489 e. The lowest BCUT2D eigenvalue weighted by Gasteiger charge is -2.41. The third kappa shape index (κ3) is 5.10. The fourth-order valence-electron chi connectivity index (χ4n) is 7.93. The van der Waals surface area contributed by atoms with E-state index in [9.17, 15) is 23.2 Å². The Morgan fingerprint density at radius 3 is 2.80 bits per heavy atom. The summed E-state index contributed by atoms with van der Waals surface area (Å²) in [6.07, 6.45) is 0.948. The third-order valence-corrected chi connectivity index (χ3v) is 11.6. The molecule has 2 aromatic carbocycles. The molecule has 4 aliphatic heterocycles. The fourth-order valence-corrected chi connectivity index (χ4v) is 9.22. The summed E-state index contributed by atoms with van der Waals surface area (Å²) in [5.41, 5.74) is 5.33. The molecule has 0 radical (unpaired) electrons. The molecule has 1 amide bonds. The topological polar surface area (TPSA) is 121 Å². The van der Waals surface area contributed by atoms with Crippen LogP contribution >= 0.6 is 22.9 Å². The van der Waals surface area contributed by atoms with Crippen molar-refractivity contribution in [2.75, 3.05) is 63.1 Å². The standard InChI is InChI=1S/C34H30ClF4N7O3S/c1-16(36)32(47)45-12-17(13-45)11-44-7-8-48-28-24-27(42-33(43-31(24)44)49-15-34-5-2-6-46(34)14-18(37)9-34)26(39)23(25(28)35)19-3-4-21(38)29-22(19)20(10-40)30(41)50-29/h3-4,17-18H,1-2,5-9,11-15,41H2/t18-,34+/m1/s1. The van der Waals surface area contributed by atoms with Crippen molar-refractivity contribution in [1.29, 1.82) is 5.26 Å². The molecule has 0 bridgehead atoms. The number of fused-ring (bicyclic) bond motifs is 2. The molecule has 0 aliphatic carbocycles. The summed E-state index contributed by atoms with van der Waals surface area (Å²) in [4.78, 5) is 26.7. The number of nitriles is 1. The Kier molecular flexibility index (Phi) is 7.96. The summed E-state index contributed by atoms with van der Waals surface area (Å²) in [5.74, 6) is -3.00. The van der Waals surface area contributed by atoms with Gasteiger partial charge in [0.15, 0.2) is 17.4 Å². The predicted octanol–water partition coefficient (Wildman–Crippen LogP) is 5.99. The Bertz CT molecular complexity index is 2160. The molecule has 2 aromatic heterocycles. The third-order valence-electron chi connectivity index (χ3n) is 10.2. The lowest BCUT2D eigenvalue weighted by Crippen LogP contribution is -2.54. The van der Waals surface area contributed by atoms with E-state index in [4.69, 9.17) is 31.8 Å². The van der Waals surface area contributed by atoms with Crippen molar-refractivity contribution in [3.63, 3.8) is 0 Å². The Labute approximate surface area is 292 Å². The Hall–Kier alpha value is -4.39. The van der Waals surface area contributed by atoms with Crippen molar-refractivity contribution in [2.45, 2.75) is 31.0 Å². The van der Waals surface area contributed by atoms with Crippen LogP contribution in [0.15, 0.2) is 24.5 Å². The maximum absolute atomic E-state index is 17.2. The highest BCUT2D eigenvalue weighted by Gasteiger charge is 2.49. The largest absolute Gasteiger partial charge is 0.489 e. The number of likely N-dealkylation sites (tertiary alicyclic amines) is 1. The zero-order chi connectivity index (χ0) is 35.1. The van der Waals surface area contributed by atoms with E-state index in [2.05, 4.69) is 16.5 Å². The monoisotopic (exact) mass is 727 g/mol. The van der Waals surface area contributed by atoms with Crippen LogP contribution in [0.1, 0.15) is 24.8 Å². The van der Waals surface area contributed by atoms with E-state index in [0.29, 0.717) is 19.5 Å². The van der Waals surface area contributed by atoms with Gasteiger partial charge < -0.3 is 25.0 Å². The van der Waals surface area contributed by atoms with E-state index in [1.165, 1.54) is 11.0 Å². The van der Waals surface area contributed by atoms with Gasteiger partial charge in [-0.1, -0.05) is 24.2 Å². The van der Waals surface area contributed by atoms with Gasteiger partial charge in [0.05, 0.1) is 32.8 Å². The molecule has 4 aromatic rings. The lowest BCUT2D eigenvalue weighted by molar-refractivity contribution is -0.134. The van der Waals surface area contributed by atoms with Crippen molar-refractivity contribution in [3.05, 3.63) is 46.8 Å². The van der Waals surface area contributed by atoms with Crippen LogP contribution in [0.3, 0.4) is 0 Å². The van der Waals surface area contributed by atoms with E-state index in [1.54, 1.807) is 0 Å². The van der Waals surface area contributed by atoms with Crippen LogP contribution in [0.4, 0.5) is 28.4 Å². The zero-order valence-electron chi connectivity index (χ0n) is 26.6. The van der Waals surface area contributed by atoms with Gasteiger partial charge in [0.25, 0.3) is 5.91 Å². The summed E-state index contributed by atoms with van der Waals surface area (Å²) < 4.78 is 72.6. The van der Waals surface area contributed by atoms with Crippen LogP contribution in [-0.4, -0.2) is 89.9 Å². The van der Waals surface area contributed by atoms with Crippen LogP contribution in [0.5, 0.6) is 11.8 Å². The Morgan fingerprint density at radius 2 is 2.04 bits per heavy atom. The first kappa shape index (κ1) is 32.8. The van der Waals surface area contributed by atoms with Crippen molar-refractivity contribution in [3.8, 4) is 29.0 Å². The first-order valence-electron chi connectivity index (χ1n) is 16.2. The summed E-state index contributed by atoms with van der Waals surface area (Å²) in [5, 5.41) is 10.2. The summed E-state index contributed by atoms with van der Waals surface area (Å²) in [6.45, 7) is 5.57. The lowest BCUT2D eigenvalue weighted by atomic mass is 9.95. The van der Waals surface area contributed by atoms with Gasteiger partial charge in [-0.15, -0.1) is 11.3 Å². The average Bonchev–Trinajstić information content (AvgIpc) is 3.67. The van der Waals surface area contributed by atoms with Crippen LogP contribution in [-0.2, 0) is 4.79 Å². The molecule has 3 fully saturated rings. The van der Waals surface area contributed by atoms with Crippen LogP contribution < -0.4 is 20.1 Å². The molecule has 10 nitrogen and oxygen atoms in total. The first-order valence-corrected chi connectivity index (χ1v) is 17.4. The molecule has 50 heavy (non-hydrogen) atoms. The molecule has 0 saturated carbocycles. The number of carbonyl (C=O) groups is 1. The number of hydrogen-bond acceptors (Lipinski definition) is 10. The molecular weight excluding hydrogens is 698 g/mol. The van der Waals surface area contributed by atoms with Crippen LogP contribution in [0, 0.1) is 28.9 Å². The van der Waals surface area contributed by atoms with E-state index < -0.39 is 35.1 Å². The second kappa shape index (κ2) is 12.1. The van der Waals surface area contributed by atoms with Crippen LogP contribution in [0.25, 0.3) is 32.1 Å². The number of alkyl halides is 1. The van der Waals surface area contributed by atoms with Crippen LogP contribution in [0.2, 0.25) is 5.02 Å². The number of rotatable bonds is 7. The second-order valence-electron chi connectivity index (χ2n) is 13.3. The summed E-state index contributed by atoms with van der Waals surface area (Å²) >= 11 is 7.86. The molecule has 0 spiro atoms. The molecule has 6 heterocycles. The molecule has 4 aliphatic rings. The molecule has 3 saturated heterocycles. The van der Waals surface area contributed by atoms with Gasteiger partial charge >= 0.3 is 6.01 Å². The second-order valence-corrected chi connectivity index (χ2v) is 14.7. The van der Waals surface area contributed by atoms with Crippen molar-refractivity contribution >= 4 is 60.7 Å². The normalized spacial score (nSPS) is 22.0. The van der Waals surface area contributed by atoms with Gasteiger partial charge in [0.2, 0.25) is 0 Å². The minimum absolute atomic E-state index is 0.00659. The van der Waals surface area contributed by atoms with Gasteiger partial charge in [0.1, 0.15) is 47.6 Å². The number of anilines is 2. The Balaban J connectivity index is 1.27. The SMILES string of the molecule is C=C(F)C(=O)N1CC(CN2CCOc3c(Cl)c(-c4ccc(F)c5sc(N)c(C#N)c45)c(F)c4nc(OC[C@@]56CCCN5C[C@H](F)C6)nc2c34)C1. The highest BCUT2D eigenvalue weighted by molar-refractivity contribution is 7.23. The van der Waals surface area contributed by atoms with Gasteiger partial charge in [-0.25, -0.2) is 17.6 Å². The highest BCUT2D eigenvalue weighted by Crippen LogP contribution is 2.51. The van der Waals surface area contributed by atoms with Gasteiger partial charge in [0, 0.05) is 49.5 Å². The number of ether oxygens (including phenoxy) is 2. The minimum atomic E-state index is -1.03. The smallest absolute Gasteiger partial charge is 0.319 e. The summed E-state index contributed by atoms with van der Waals surface area (Å²) in [7, 11) is 0. The molecule has 260 valence electrons. The van der Waals surface area contributed by atoms with E-state index in [1.807, 2.05) is 11.0 Å². The molecule has 2 atom stereocenters. The number of thiophene rings is 1. The average molecular weight is 728 g/mol. The number of amides is 1.